The van der Waals surface area contributed by atoms with Gasteiger partial charge in [0.2, 0.25) is 0 Å². The van der Waals surface area contributed by atoms with E-state index in [4.69, 9.17) is 4.74 Å². The average molecular weight is 401 g/mol. The summed E-state index contributed by atoms with van der Waals surface area (Å²) in [5, 5.41) is 11.2. The van der Waals surface area contributed by atoms with Gasteiger partial charge in [-0.15, -0.1) is 11.8 Å². The van der Waals surface area contributed by atoms with Crippen LogP contribution in [0.4, 0.5) is 0 Å². The van der Waals surface area contributed by atoms with E-state index in [1.54, 1.807) is 6.08 Å². The molecule has 5 heteroatoms. The lowest BCUT2D eigenvalue weighted by atomic mass is 9.73. The van der Waals surface area contributed by atoms with Gasteiger partial charge in [-0.3, -0.25) is 9.59 Å². The van der Waals surface area contributed by atoms with Crippen LogP contribution < -0.4 is 0 Å². The van der Waals surface area contributed by atoms with Gasteiger partial charge in [0, 0.05) is 18.1 Å². The van der Waals surface area contributed by atoms with Crippen molar-refractivity contribution in [2.24, 2.45) is 5.92 Å². The molecular weight excluding hydrogens is 372 g/mol. The highest BCUT2D eigenvalue weighted by Gasteiger charge is 2.54. The first kappa shape index (κ1) is 19.7. The Kier molecular flexibility index (Phi) is 5.93. The molecule has 150 valence electrons. The number of carbonyl (C=O) groups is 2. The zero-order valence-corrected chi connectivity index (χ0v) is 17.0. The molecule has 3 atom stereocenters. The molecule has 0 aromatic heterocycles. The van der Waals surface area contributed by atoms with E-state index < -0.39 is 16.8 Å². The van der Waals surface area contributed by atoms with E-state index in [0.717, 1.165) is 49.7 Å². The number of hydrogen-bond donors (Lipinski definition) is 1. The Hall–Kier alpha value is -1.59. The molecule has 1 heterocycles. The van der Waals surface area contributed by atoms with Gasteiger partial charge in [-0.25, -0.2) is 0 Å². The van der Waals surface area contributed by atoms with E-state index >= 15 is 0 Å². The SMILES string of the molecule is O=C1C=C([C@@H]2[C@@H](C(=O)OC3CCCCC3)SC[C@@]2(O)c2ccccc2)CCC1. The van der Waals surface area contributed by atoms with Crippen LogP contribution in [0.2, 0.25) is 0 Å². The molecule has 1 aromatic rings. The van der Waals surface area contributed by atoms with Gasteiger partial charge < -0.3 is 9.84 Å². The lowest BCUT2D eigenvalue weighted by Crippen LogP contribution is -2.42. The van der Waals surface area contributed by atoms with E-state index in [-0.39, 0.29) is 17.9 Å². The maximum atomic E-state index is 13.1. The van der Waals surface area contributed by atoms with Crippen LogP contribution in [0.5, 0.6) is 0 Å². The van der Waals surface area contributed by atoms with Crippen LogP contribution >= 0.6 is 11.8 Å². The topological polar surface area (TPSA) is 63.6 Å². The summed E-state index contributed by atoms with van der Waals surface area (Å²) in [4.78, 5) is 25.2. The minimum absolute atomic E-state index is 0.00474. The second-order valence-corrected chi connectivity index (χ2v) is 9.37. The second kappa shape index (κ2) is 8.42. The molecule has 3 aliphatic rings. The van der Waals surface area contributed by atoms with Gasteiger partial charge in [-0.2, -0.15) is 0 Å². The van der Waals surface area contributed by atoms with E-state index in [1.165, 1.54) is 18.2 Å². The van der Waals surface area contributed by atoms with Crippen LogP contribution in [0.25, 0.3) is 0 Å². The van der Waals surface area contributed by atoms with Crippen molar-refractivity contribution in [2.45, 2.75) is 68.3 Å². The van der Waals surface area contributed by atoms with E-state index in [0.29, 0.717) is 12.2 Å². The Bertz CT molecular complexity index is 753. The molecule has 0 amide bonds. The minimum atomic E-state index is -1.16. The molecule has 1 saturated heterocycles. The summed E-state index contributed by atoms with van der Waals surface area (Å²) in [6.07, 6.45) is 9.02. The van der Waals surface area contributed by atoms with Crippen molar-refractivity contribution in [3.8, 4) is 0 Å². The summed E-state index contributed by atoms with van der Waals surface area (Å²) < 4.78 is 5.87. The summed E-state index contributed by atoms with van der Waals surface area (Å²) >= 11 is 1.47. The van der Waals surface area contributed by atoms with Gasteiger partial charge in [0.05, 0.1) is 0 Å². The van der Waals surface area contributed by atoms with Crippen molar-refractivity contribution in [2.75, 3.05) is 5.75 Å². The number of hydrogen-bond acceptors (Lipinski definition) is 5. The van der Waals surface area contributed by atoms with Gasteiger partial charge in [-0.05, 0) is 50.2 Å². The molecular formula is C23H28O4S. The first-order chi connectivity index (χ1) is 13.6. The third-order valence-corrected chi connectivity index (χ3v) is 7.71. The molecule has 2 aliphatic carbocycles. The highest BCUT2D eigenvalue weighted by molar-refractivity contribution is 8.01. The molecule has 0 radical (unpaired) electrons. The van der Waals surface area contributed by atoms with Gasteiger partial charge in [0.15, 0.2) is 5.78 Å². The lowest BCUT2D eigenvalue weighted by Gasteiger charge is -2.35. The van der Waals surface area contributed by atoms with Crippen molar-refractivity contribution in [1.29, 1.82) is 0 Å². The Morgan fingerprint density at radius 3 is 2.54 bits per heavy atom. The Morgan fingerprint density at radius 1 is 1.07 bits per heavy atom. The average Bonchev–Trinajstić information content (AvgIpc) is 3.08. The number of ketones is 1. The molecule has 0 bridgehead atoms. The fourth-order valence-electron chi connectivity index (χ4n) is 4.83. The number of benzene rings is 1. The molecule has 1 aliphatic heterocycles. The normalized spacial score (nSPS) is 31.5. The third kappa shape index (κ3) is 3.92. The van der Waals surface area contributed by atoms with E-state index in [2.05, 4.69) is 0 Å². The first-order valence-corrected chi connectivity index (χ1v) is 11.5. The standard InChI is InChI=1S/C23H28O4S/c24-18-11-7-8-16(14-18)20-21(22(25)27-19-12-5-2-6-13-19)28-15-23(20,26)17-9-3-1-4-10-17/h1,3-4,9-10,14,19-21,26H,2,5-8,11-13,15H2/t20-,21+,23-/m1/s1. The minimum Gasteiger partial charge on any atom is -0.462 e. The monoisotopic (exact) mass is 400 g/mol. The second-order valence-electron chi connectivity index (χ2n) is 8.24. The molecule has 4 nitrogen and oxygen atoms in total. The maximum absolute atomic E-state index is 13.1. The largest absolute Gasteiger partial charge is 0.462 e. The molecule has 4 rings (SSSR count). The Balaban J connectivity index is 1.64. The predicted molar refractivity (Wildman–Crippen MR) is 110 cm³/mol. The number of aliphatic hydroxyl groups is 1. The van der Waals surface area contributed by atoms with E-state index in [1.807, 2.05) is 30.3 Å². The number of ether oxygens (including phenoxy) is 1. The van der Waals surface area contributed by atoms with Crippen LogP contribution in [-0.2, 0) is 19.9 Å². The van der Waals surface area contributed by atoms with Crippen molar-refractivity contribution >= 4 is 23.5 Å². The summed E-state index contributed by atoms with van der Waals surface area (Å²) in [6, 6.07) is 9.55. The summed E-state index contributed by atoms with van der Waals surface area (Å²) in [5.74, 6) is -0.127. The Labute approximate surface area is 170 Å². The highest BCUT2D eigenvalue weighted by atomic mass is 32.2. The fourth-order valence-corrected chi connectivity index (χ4v) is 6.39. The third-order valence-electron chi connectivity index (χ3n) is 6.28. The van der Waals surface area contributed by atoms with Crippen LogP contribution in [-0.4, -0.2) is 34.0 Å². The van der Waals surface area contributed by atoms with Crippen molar-refractivity contribution in [3.63, 3.8) is 0 Å². The fraction of sp³-hybridized carbons (Fsp3) is 0.565. The Morgan fingerprint density at radius 2 is 1.82 bits per heavy atom. The maximum Gasteiger partial charge on any atom is 0.320 e. The van der Waals surface area contributed by atoms with Crippen molar-refractivity contribution < 1.29 is 19.4 Å². The highest BCUT2D eigenvalue weighted by Crippen LogP contribution is 2.51. The first-order valence-electron chi connectivity index (χ1n) is 10.4. The molecule has 1 N–H and O–H groups in total. The summed E-state index contributed by atoms with van der Waals surface area (Å²) in [7, 11) is 0. The quantitative estimate of drug-likeness (QED) is 0.769. The van der Waals surface area contributed by atoms with Crippen molar-refractivity contribution in [3.05, 3.63) is 47.5 Å². The van der Waals surface area contributed by atoms with Gasteiger partial charge in [0.25, 0.3) is 0 Å². The molecule has 28 heavy (non-hydrogen) atoms. The number of esters is 1. The summed E-state index contributed by atoms with van der Waals surface area (Å²) in [6.45, 7) is 0. The van der Waals surface area contributed by atoms with E-state index in [9.17, 15) is 14.7 Å². The number of carbonyl (C=O) groups excluding carboxylic acids is 2. The molecule has 0 spiro atoms. The number of allylic oxidation sites excluding steroid dienone is 1. The molecule has 2 fully saturated rings. The molecule has 1 saturated carbocycles. The van der Waals surface area contributed by atoms with Crippen molar-refractivity contribution in [1.82, 2.24) is 0 Å². The van der Waals surface area contributed by atoms with Gasteiger partial charge in [0.1, 0.15) is 17.0 Å². The van der Waals surface area contributed by atoms with Gasteiger partial charge in [-0.1, -0.05) is 42.3 Å². The van der Waals surface area contributed by atoms with Crippen LogP contribution in [0.15, 0.2) is 42.0 Å². The van der Waals surface area contributed by atoms with Crippen LogP contribution in [0.1, 0.15) is 56.9 Å². The zero-order chi connectivity index (χ0) is 19.6. The lowest BCUT2D eigenvalue weighted by molar-refractivity contribution is -0.152. The smallest absolute Gasteiger partial charge is 0.320 e. The zero-order valence-electron chi connectivity index (χ0n) is 16.1. The van der Waals surface area contributed by atoms with Crippen LogP contribution in [0.3, 0.4) is 0 Å². The molecule has 1 aromatic carbocycles. The summed E-state index contributed by atoms with van der Waals surface area (Å²) in [5.41, 5.74) is 0.545. The van der Waals surface area contributed by atoms with Crippen LogP contribution in [0, 0.1) is 5.92 Å². The van der Waals surface area contributed by atoms with Gasteiger partial charge >= 0.3 is 5.97 Å². The number of rotatable bonds is 4. The number of thioether (sulfide) groups is 1. The molecule has 0 unspecified atom stereocenters. The predicted octanol–water partition coefficient (Wildman–Crippen LogP) is 4.16.